The Balaban J connectivity index is 1.89. The summed E-state index contributed by atoms with van der Waals surface area (Å²) in [7, 11) is 0. The molecule has 0 radical (unpaired) electrons. The molecule has 0 aliphatic heterocycles. The van der Waals surface area contributed by atoms with E-state index >= 15 is 0 Å². The van der Waals surface area contributed by atoms with Gasteiger partial charge in [-0.05, 0) is 29.3 Å². The zero-order valence-electron chi connectivity index (χ0n) is 20.8. The quantitative estimate of drug-likeness (QED) is 0.124. The number of nitrogens with two attached hydrogens (primary N) is 1. The van der Waals surface area contributed by atoms with Gasteiger partial charge in [0.25, 0.3) is 0 Å². The number of para-hydroxylation sites is 1. The molecule has 13 heteroatoms. The van der Waals surface area contributed by atoms with Crippen molar-refractivity contribution in [1.29, 1.82) is 0 Å². The zero-order valence-corrected chi connectivity index (χ0v) is 21.7. The predicted octanol–water partition coefficient (Wildman–Crippen LogP) is -0.553. The number of carboxylic acids is 1. The lowest BCUT2D eigenvalue weighted by atomic mass is 10.0. The van der Waals surface area contributed by atoms with Crippen LogP contribution in [0.5, 0.6) is 5.75 Å². The number of aromatic nitrogens is 1. The van der Waals surface area contributed by atoms with Crippen LogP contribution in [0.2, 0.25) is 0 Å². The molecule has 0 saturated carbocycles. The van der Waals surface area contributed by atoms with E-state index in [1.165, 1.54) is 12.1 Å². The third-order valence-corrected chi connectivity index (χ3v) is 6.47. The Bertz CT molecular complexity index is 1310. The van der Waals surface area contributed by atoms with Crippen molar-refractivity contribution in [2.75, 3.05) is 12.4 Å². The van der Waals surface area contributed by atoms with E-state index in [9.17, 15) is 34.5 Å². The van der Waals surface area contributed by atoms with Crippen molar-refractivity contribution in [2.24, 2.45) is 5.73 Å². The number of aromatic hydroxyl groups is 1. The van der Waals surface area contributed by atoms with Crippen LogP contribution in [-0.4, -0.2) is 80.5 Å². The summed E-state index contributed by atoms with van der Waals surface area (Å²) in [6.45, 7) is -0.851. The summed E-state index contributed by atoms with van der Waals surface area (Å²) in [5.41, 5.74) is 7.86. The second kappa shape index (κ2) is 13.6. The number of aromatic amines is 1. The Morgan fingerprint density at radius 3 is 2.08 bits per heavy atom. The molecule has 0 saturated heterocycles. The Labute approximate surface area is 229 Å². The maximum absolute atomic E-state index is 13.5. The molecule has 3 amide bonds. The van der Waals surface area contributed by atoms with Crippen molar-refractivity contribution in [3.63, 3.8) is 0 Å². The molecule has 3 aromatic rings. The number of carbonyl (C=O) groups is 4. The van der Waals surface area contributed by atoms with Crippen molar-refractivity contribution in [3.05, 3.63) is 65.9 Å². The van der Waals surface area contributed by atoms with E-state index in [4.69, 9.17) is 5.73 Å². The van der Waals surface area contributed by atoms with Crippen LogP contribution in [-0.2, 0) is 32.0 Å². The molecule has 4 unspecified atom stereocenters. The number of rotatable bonds is 13. The van der Waals surface area contributed by atoms with Gasteiger partial charge < -0.3 is 42.0 Å². The number of fused-ring (bicyclic) bond motifs is 1. The van der Waals surface area contributed by atoms with E-state index in [1.54, 1.807) is 18.3 Å². The van der Waals surface area contributed by atoms with Gasteiger partial charge in [0.1, 0.15) is 23.9 Å². The number of thiol groups is 1. The smallest absolute Gasteiger partial charge is 0.328 e. The van der Waals surface area contributed by atoms with Crippen molar-refractivity contribution >= 4 is 47.2 Å². The van der Waals surface area contributed by atoms with E-state index in [0.717, 1.165) is 10.9 Å². The van der Waals surface area contributed by atoms with Crippen LogP contribution in [0.1, 0.15) is 11.1 Å². The van der Waals surface area contributed by atoms with Crippen molar-refractivity contribution < 1.29 is 34.5 Å². The highest BCUT2D eigenvalue weighted by Gasteiger charge is 2.31. The molecule has 0 spiro atoms. The number of aliphatic carboxylic acids is 1. The molecule has 1 aromatic heterocycles. The van der Waals surface area contributed by atoms with Gasteiger partial charge in [-0.25, -0.2) is 4.79 Å². The second-order valence-corrected chi connectivity index (χ2v) is 9.29. The summed E-state index contributed by atoms with van der Waals surface area (Å²) in [6, 6.07) is 8.33. The first-order valence-electron chi connectivity index (χ1n) is 12.1. The lowest BCUT2D eigenvalue weighted by Crippen LogP contribution is -2.58. The molecule has 0 bridgehead atoms. The number of aliphatic hydroxyl groups is 1. The number of benzene rings is 2. The number of carbonyl (C=O) groups excluding carboxylic acids is 3. The third-order valence-electron chi connectivity index (χ3n) is 6.07. The average Bonchev–Trinajstić information content (AvgIpc) is 3.33. The highest BCUT2D eigenvalue weighted by molar-refractivity contribution is 7.80. The van der Waals surface area contributed by atoms with Crippen molar-refractivity contribution in [3.8, 4) is 5.75 Å². The van der Waals surface area contributed by atoms with Gasteiger partial charge in [-0.2, -0.15) is 12.6 Å². The van der Waals surface area contributed by atoms with Gasteiger partial charge in [-0.3, -0.25) is 14.4 Å². The molecular weight excluding hydrogens is 526 g/mol. The molecule has 4 atom stereocenters. The molecule has 208 valence electrons. The second-order valence-electron chi connectivity index (χ2n) is 8.93. The number of hydrogen-bond acceptors (Lipinski definition) is 8. The number of hydrogen-bond donors (Lipinski definition) is 9. The lowest BCUT2D eigenvalue weighted by Gasteiger charge is -2.25. The molecule has 0 fully saturated rings. The molecule has 0 aliphatic rings. The maximum atomic E-state index is 13.5. The zero-order chi connectivity index (χ0) is 28.5. The number of nitrogens with one attached hydrogen (secondary N) is 4. The highest BCUT2D eigenvalue weighted by atomic mass is 32.1. The molecule has 3 rings (SSSR count). The standard InChI is InChI=1S/C26H31N5O7S/c27-18(13-39)23(34)29-20(9-14-5-7-16(33)8-6-14)24(35)30-21(25(36)31-22(12-32)26(37)38)10-15-11-28-19-4-2-1-3-17(15)19/h1-8,11,18,20-22,28,32-33,39H,9-10,12-13,27H2,(H,29,34)(H,30,35)(H,31,36)(H,37,38). The number of aliphatic hydroxyl groups excluding tert-OH is 1. The van der Waals surface area contributed by atoms with Gasteiger partial charge in [0.15, 0.2) is 0 Å². The third kappa shape index (κ3) is 7.96. The number of phenols is 1. The first-order valence-corrected chi connectivity index (χ1v) is 12.7. The Morgan fingerprint density at radius 1 is 0.872 bits per heavy atom. The van der Waals surface area contributed by atoms with Gasteiger partial charge in [-0.15, -0.1) is 0 Å². The molecule has 39 heavy (non-hydrogen) atoms. The van der Waals surface area contributed by atoms with E-state index in [0.29, 0.717) is 11.1 Å². The fourth-order valence-electron chi connectivity index (χ4n) is 3.90. The largest absolute Gasteiger partial charge is 0.508 e. The lowest BCUT2D eigenvalue weighted by molar-refractivity contribution is -0.143. The SMILES string of the molecule is NC(CS)C(=O)NC(Cc1ccc(O)cc1)C(=O)NC(Cc1c[nH]c2ccccc12)C(=O)NC(CO)C(=O)O. The van der Waals surface area contributed by atoms with Gasteiger partial charge in [0.2, 0.25) is 17.7 Å². The Kier molecular flexibility index (Phi) is 10.3. The summed E-state index contributed by atoms with van der Waals surface area (Å²) in [5, 5.41) is 36.5. The van der Waals surface area contributed by atoms with Crippen molar-refractivity contribution in [1.82, 2.24) is 20.9 Å². The average molecular weight is 558 g/mol. The summed E-state index contributed by atoms with van der Waals surface area (Å²) < 4.78 is 0. The molecule has 0 aliphatic carbocycles. The van der Waals surface area contributed by atoms with E-state index in [2.05, 4.69) is 33.6 Å². The molecule has 2 aromatic carbocycles. The predicted molar refractivity (Wildman–Crippen MR) is 146 cm³/mol. The molecule has 12 nitrogen and oxygen atoms in total. The minimum atomic E-state index is -1.58. The van der Waals surface area contributed by atoms with Gasteiger partial charge in [0.05, 0.1) is 12.6 Å². The van der Waals surface area contributed by atoms with E-state index in [1.807, 2.05) is 24.3 Å². The fourth-order valence-corrected chi connectivity index (χ4v) is 4.06. The summed E-state index contributed by atoms with van der Waals surface area (Å²) in [6.07, 6.45) is 1.67. The normalized spacial score (nSPS) is 14.1. The van der Waals surface area contributed by atoms with E-state index in [-0.39, 0.29) is 24.3 Å². The van der Waals surface area contributed by atoms with Crippen LogP contribution < -0.4 is 21.7 Å². The van der Waals surface area contributed by atoms with Gasteiger partial charge in [-0.1, -0.05) is 30.3 Å². The van der Waals surface area contributed by atoms with Crippen LogP contribution in [0.25, 0.3) is 10.9 Å². The minimum absolute atomic E-state index is 0.00690. The molecule has 1 heterocycles. The number of carboxylic acid groups (broad SMARTS) is 1. The topological polar surface area (TPSA) is 207 Å². The van der Waals surface area contributed by atoms with E-state index < -0.39 is 54.5 Å². The Morgan fingerprint density at radius 2 is 1.46 bits per heavy atom. The summed E-state index contributed by atoms with van der Waals surface area (Å²) in [5.74, 6) is -3.58. The summed E-state index contributed by atoms with van der Waals surface area (Å²) >= 11 is 4.02. The minimum Gasteiger partial charge on any atom is -0.508 e. The first-order chi connectivity index (χ1) is 18.6. The first kappa shape index (κ1) is 29.5. The van der Waals surface area contributed by atoms with Crippen LogP contribution in [0, 0.1) is 0 Å². The molecule has 9 N–H and O–H groups in total. The fraction of sp³-hybridized carbons (Fsp3) is 0.308. The molecular formula is C26H31N5O7S. The maximum Gasteiger partial charge on any atom is 0.328 e. The van der Waals surface area contributed by atoms with Gasteiger partial charge >= 0.3 is 5.97 Å². The monoisotopic (exact) mass is 557 g/mol. The van der Waals surface area contributed by atoms with Crippen LogP contribution in [0.15, 0.2) is 54.7 Å². The highest BCUT2D eigenvalue weighted by Crippen LogP contribution is 2.19. The van der Waals surface area contributed by atoms with Crippen LogP contribution in [0.3, 0.4) is 0 Å². The number of phenolic OH excluding ortho intramolecular Hbond substituents is 1. The van der Waals surface area contributed by atoms with Gasteiger partial charge in [0, 0.05) is 35.7 Å². The number of H-pyrrole nitrogens is 1. The Hall–Kier alpha value is -4.07. The van der Waals surface area contributed by atoms with Crippen LogP contribution in [0.4, 0.5) is 0 Å². The summed E-state index contributed by atoms with van der Waals surface area (Å²) in [4.78, 5) is 53.6. The number of amides is 3. The van der Waals surface area contributed by atoms with Crippen LogP contribution >= 0.6 is 12.6 Å². The van der Waals surface area contributed by atoms with Crippen molar-refractivity contribution in [2.45, 2.75) is 37.0 Å².